The number of carbonyl (C=O) groups is 3. The summed E-state index contributed by atoms with van der Waals surface area (Å²) in [6.07, 6.45) is 2.13. The van der Waals surface area contributed by atoms with E-state index in [1.807, 2.05) is 24.3 Å². The second kappa shape index (κ2) is 8.25. The number of nitrogens with one attached hydrogen (secondary N) is 1. The molecule has 2 aliphatic heterocycles. The van der Waals surface area contributed by atoms with Gasteiger partial charge in [0.25, 0.3) is 17.7 Å². The molecule has 0 bridgehead atoms. The fourth-order valence-corrected chi connectivity index (χ4v) is 4.75. The summed E-state index contributed by atoms with van der Waals surface area (Å²) < 4.78 is 5.28. The standard InChI is InChI=1S/C26H19ClN4O4/c27-17-6-3-15(4-7-17)23-21-14-30(10-9-22(21)28-29-23)24(32)16-5-8-19-20(12-16)26(34)31(25(19)33)13-18-2-1-11-35-18/h1-8,11-12H,9-10,13-14H2,(H,28,29). The van der Waals surface area contributed by atoms with E-state index in [1.54, 1.807) is 29.2 Å². The van der Waals surface area contributed by atoms with Crippen molar-refractivity contribution in [1.29, 1.82) is 0 Å². The Kier molecular flexibility index (Phi) is 5.04. The quantitative estimate of drug-likeness (QED) is 0.433. The van der Waals surface area contributed by atoms with Crippen LogP contribution >= 0.6 is 11.6 Å². The zero-order valence-electron chi connectivity index (χ0n) is 18.5. The van der Waals surface area contributed by atoms with Gasteiger partial charge in [-0.15, -0.1) is 0 Å². The highest BCUT2D eigenvalue weighted by Gasteiger charge is 2.37. The first-order chi connectivity index (χ1) is 17.0. The van der Waals surface area contributed by atoms with Crippen molar-refractivity contribution in [3.8, 4) is 11.3 Å². The Morgan fingerprint density at radius 3 is 2.63 bits per heavy atom. The zero-order chi connectivity index (χ0) is 24.1. The third-order valence-corrected chi connectivity index (χ3v) is 6.70. The summed E-state index contributed by atoms with van der Waals surface area (Å²) in [7, 11) is 0. The number of hydrogen-bond donors (Lipinski definition) is 1. The fraction of sp³-hybridized carbons (Fsp3) is 0.154. The van der Waals surface area contributed by atoms with Gasteiger partial charge in [0.2, 0.25) is 0 Å². The highest BCUT2D eigenvalue weighted by atomic mass is 35.5. The van der Waals surface area contributed by atoms with E-state index >= 15 is 0 Å². The first-order valence-corrected chi connectivity index (χ1v) is 11.5. The number of hydrogen-bond acceptors (Lipinski definition) is 5. The van der Waals surface area contributed by atoms with E-state index in [0.29, 0.717) is 41.4 Å². The molecule has 0 spiro atoms. The molecule has 2 aromatic heterocycles. The average molecular weight is 487 g/mol. The molecule has 9 heteroatoms. The van der Waals surface area contributed by atoms with Crippen molar-refractivity contribution in [1.82, 2.24) is 20.0 Å². The molecule has 35 heavy (non-hydrogen) atoms. The minimum Gasteiger partial charge on any atom is -0.467 e. The molecule has 174 valence electrons. The number of nitrogens with zero attached hydrogens (tertiary/aromatic N) is 3. The van der Waals surface area contributed by atoms with Gasteiger partial charge in [0.15, 0.2) is 0 Å². The first kappa shape index (κ1) is 21.4. The summed E-state index contributed by atoms with van der Waals surface area (Å²) >= 11 is 6.02. The maximum absolute atomic E-state index is 13.4. The van der Waals surface area contributed by atoms with Crippen LogP contribution in [-0.2, 0) is 19.5 Å². The maximum atomic E-state index is 13.4. The van der Waals surface area contributed by atoms with Gasteiger partial charge in [-0.3, -0.25) is 24.4 Å². The summed E-state index contributed by atoms with van der Waals surface area (Å²) in [6.45, 7) is 0.950. The van der Waals surface area contributed by atoms with Crippen molar-refractivity contribution < 1.29 is 18.8 Å². The predicted octanol–water partition coefficient (Wildman–Crippen LogP) is 4.32. The second-order valence-corrected chi connectivity index (χ2v) is 8.99. The number of rotatable bonds is 4. The van der Waals surface area contributed by atoms with E-state index in [0.717, 1.165) is 27.4 Å². The normalized spacial score (nSPS) is 14.9. The topological polar surface area (TPSA) is 99.5 Å². The van der Waals surface area contributed by atoms with Crippen LogP contribution in [0.3, 0.4) is 0 Å². The van der Waals surface area contributed by atoms with E-state index in [2.05, 4.69) is 10.2 Å². The van der Waals surface area contributed by atoms with Crippen LogP contribution in [0.5, 0.6) is 0 Å². The highest BCUT2D eigenvalue weighted by Crippen LogP contribution is 2.31. The van der Waals surface area contributed by atoms with Crippen molar-refractivity contribution >= 4 is 29.3 Å². The van der Waals surface area contributed by atoms with Crippen molar-refractivity contribution in [2.45, 2.75) is 19.5 Å². The lowest BCUT2D eigenvalue weighted by atomic mass is 9.99. The summed E-state index contributed by atoms with van der Waals surface area (Å²) in [5, 5.41) is 8.20. The van der Waals surface area contributed by atoms with Crippen LogP contribution in [0.2, 0.25) is 5.02 Å². The summed E-state index contributed by atoms with van der Waals surface area (Å²) in [6, 6.07) is 15.5. The number of benzene rings is 2. The zero-order valence-corrected chi connectivity index (χ0v) is 19.2. The largest absolute Gasteiger partial charge is 0.467 e. The van der Waals surface area contributed by atoms with E-state index in [9.17, 15) is 14.4 Å². The lowest BCUT2D eigenvalue weighted by Crippen LogP contribution is -2.36. The predicted molar refractivity (Wildman–Crippen MR) is 127 cm³/mol. The first-order valence-electron chi connectivity index (χ1n) is 11.1. The molecule has 8 nitrogen and oxygen atoms in total. The van der Waals surface area contributed by atoms with Gasteiger partial charge in [-0.05, 0) is 42.5 Å². The molecule has 0 atom stereocenters. The molecule has 0 aliphatic carbocycles. The lowest BCUT2D eigenvalue weighted by Gasteiger charge is -2.27. The minimum absolute atomic E-state index is 0.0471. The minimum atomic E-state index is -0.433. The molecule has 2 aromatic carbocycles. The molecule has 0 radical (unpaired) electrons. The Bertz CT molecular complexity index is 1470. The van der Waals surface area contributed by atoms with E-state index in [4.69, 9.17) is 16.0 Å². The number of furan rings is 1. The van der Waals surface area contributed by atoms with Gasteiger partial charge in [-0.1, -0.05) is 23.7 Å². The van der Waals surface area contributed by atoms with Crippen molar-refractivity contribution in [2.75, 3.05) is 6.54 Å². The molecule has 0 saturated heterocycles. The Hall–Kier alpha value is -4.17. The average Bonchev–Trinajstić information content (AvgIpc) is 3.60. The third kappa shape index (κ3) is 3.63. The van der Waals surface area contributed by atoms with E-state index in [-0.39, 0.29) is 18.0 Å². The molecule has 0 fully saturated rings. The molecule has 1 N–H and O–H groups in total. The summed E-state index contributed by atoms with van der Waals surface area (Å²) in [5.41, 5.74) is 4.56. The van der Waals surface area contributed by atoms with Crippen LogP contribution in [0.15, 0.2) is 65.3 Å². The summed E-state index contributed by atoms with van der Waals surface area (Å²) in [4.78, 5) is 42.0. The Labute approximate surface area is 205 Å². The molecule has 0 saturated carbocycles. The van der Waals surface area contributed by atoms with Crippen LogP contribution in [0.4, 0.5) is 0 Å². The number of imide groups is 1. The summed E-state index contributed by atoms with van der Waals surface area (Å²) in [5.74, 6) is -0.520. The van der Waals surface area contributed by atoms with E-state index < -0.39 is 11.8 Å². The highest BCUT2D eigenvalue weighted by molar-refractivity contribution is 6.30. The van der Waals surface area contributed by atoms with Crippen molar-refractivity contribution in [3.63, 3.8) is 0 Å². The monoisotopic (exact) mass is 486 g/mol. The van der Waals surface area contributed by atoms with Crippen molar-refractivity contribution in [3.05, 3.63) is 99.6 Å². The van der Waals surface area contributed by atoms with Crippen LogP contribution in [0, 0.1) is 0 Å². The van der Waals surface area contributed by atoms with Crippen LogP contribution in [0.25, 0.3) is 11.3 Å². The van der Waals surface area contributed by atoms with Crippen LogP contribution in [0.1, 0.15) is 48.1 Å². The van der Waals surface area contributed by atoms with Gasteiger partial charge in [0.1, 0.15) is 5.76 Å². The fourth-order valence-electron chi connectivity index (χ4n) is 4.62. The molecule has 6 rings (SSSR count). The second-order valence-electron chi connectivity index (χ2n) is 8.55. The Morgan fingerprint density at radius 1 is 1.06 bits per heavy atom. The van der Waals surface area contributed by atoms with Crippen molar-refractivity contribution in [2.24, 2.45) is 0 Å². The van der Waals surface area contributed by atoms with Gasteiger partial charge in [-0.2, -0.15) is 5.10 Å². The van der Waals surface area contributed by atoms with Gasteiger partial charge in [0, 0.05) is 46.9 Å². The lowest BCUT2D eigenvalue weighted by molar-refractivity contribution is 0.0631. The number of carbonyl (C=O) groups excluding carboxylic acids is 3. The molecule has 4 aromatic rings. The molecule has 2 aliphatic rings. The molecule has 3 amide bonds. The molecule has 4 heterocycles. The number of aromatic nitrogens is 2. The number of halogens is 1. The number of H-pyrrole nitrogens is 1. The van der Waals surface area contributed by atoms with Crippen LogP contribution < -0.4 is 0 Å². The smallest absolute Gasteiger partial charge is 0.261 e. The number of amides is 3. The van der Waals surface area contributed by atoms with Gasteiger partial charge < -0.3 is 9.32 Å². The Balaban J connectivity index is 1.25. The molecular weight excluding hydrogens is 468 g/mol. The molecule has 0 unspecified atom stereocenters. The third-order valence-electron chi connectivity index (χ3n) is 6.45. The van der Waals surface area contributed by atoms with E-state index in [1.165, 1.54) is 12.3 Å². The van der Waals surface area contributed by atoms with Gasteiger partial charge in [-0.25, -0.2) is 0 Å². The number of aromatic amines is 1. The van der Waals surface area contributed by atoms with Gasteiger partial charge in [0.05, 0.1) is 29.6 Å². The molecular formula is C26H19ClN4O4. The van der Waals surface area contributed by atoms with Crippen LogP contribution in [-0.4, -0.2) is 44.3 Å². The van der Waals surface area contributed by atoms with Gasteiger partial charge >= 0.3 is 0 Å². The Morgan fingerprint density at radius 2 is 1.86 bits per heavy atom. The number of fused-ring (bicyclic) bond motifs is 2. The SMILES string of the molecule is O=C(c1ccc2c(c1)C(=O)N(Cc1ccco1)C2=O)N1CCc2[nH]nc(-c3ccc(Cl)cc3)c2C1. The maximum Gasteiger partial charge on any atom is 0.261 e.